The van der Waals surface area contributed by atoms with Crippen LogP contribution in [0, 0.1) is 0 Å². The number of nitrogens with one attached hydrogen (secondary N) is 2. The van der Waals surface area contributed by atoms with Crippen LogP contribution in [0.4, 0.5) is 0 Å². The number of nitrogens with zero attached hydrogens (tertiary/aromatic N) is 4. The maximum atomic E-state index is 14.9. The lowest BCUT2D eigenvalue weighted by molar-refractivity contribution is -0.130. The van der Waals surface area contributed by atoms with Crippen LogP contribution in [0.5, 0.6) is 5.75 Å². The summed E-state index contributed by atoms with van der Waals surface area (Å²) in [6.07, 6.45) is -0.407. The van der Waals surface area contributed by atoms with Crippen LogP contribution >= 0.6 is 23.2 Å². The fourth-order valence-corrected chi connectivity index (χ4v) is 6.90. The summed E-state index contributed by atoms with van der Waals surface area (Å²) in [6.45, 7) is 0.859. The summed E-state index contributed by atoms with van der Waals surface area (Å²) in [4.78, 5) is 23.0. The van der Waals surface area contributed by atoms with Gasteiger partial charge in [0.1, 0.15) is 5.75 Å². The topological polar surface area (TPSA) is 141 Å². The SMILES string of the molecule is [N-]=[N+]=NCc1ccccc1C[C@]1(C(=O)NNCC(c2ccccc2)c2ccccc2)N=C(c2ccc(OCCCO)cc2)O[C@H]1c1ccc(Cl)cc1Cl. The third kappa shape index (κ3) is 9.00. The van der Waals surface area contributed by atoms with Gasteiger partial charge in [0.2, 0.25) is 5.90 Å². The number of benzene rings is 5. The number of aliphatic imine (C=N–C) groups is 1. The maximum absolute atomic E-state index is 14.9. The molecule has 2 atom stereocenters. The average molecular weight is 750 g/mol. The minimum absolute atomic E-state index is 0.0293. The zero-order valence-corrected chi connectivity index (χ0v) is 30.3. The third-order valence-corrected chi connectivity index (χ3v) is 9.63. The Balaban J connectivity index is 1.41. The van der Waals surface area contributed by atoms with Gasteiger partial charge >= 0.3 is 0 Å². The molecular formula is C41H38Cl2N6O4. The molecule has 0 bridgehead atoms. The molecule has 0 unspecified atom stereocenters. The second-order valence-corrected chi connectivity index (χ2v) is 13.3. The molecule has 0 aromatic heterocycles. The van der Waals surface area contributed by atoms with E-state index in [1.807, 2.05) is 60.7 Å². The highest BCUT2D eigenvalue weighted by Gasteiger charge is 2.54. The lowest BCUT2D eigenvalue weighted by atomic mass is 9.81. The Morgan fingerprint density at radius 2 is 1.58 bits per heavy atom. The molecule has 0 radical (unpaired) electrons. The third-order valence-electron chi connectivity index (χ3n) is 9.07. The smallest absolute Gasteiger partial charge is 0.266 e. The Hall–Kier alpha value is -5.35. The van der Waals surface area contributed by atoms with Crippen LogP contribution in [-0.4, -0.2) is 42.2 Å². The molecular weight excluding hydrogens is 711 g/mol. The van der Waals surface area contributed by atoms with Crippen LogP contribution < -0.4 is 15.6 Å². The molecule has 1 aliphatic rings. The van der Waals surface area contributed by atoms with Crippen molar-refractivity contribution in [1.82, 2.24) is 10.9 Å². The van der Waals surface area contributed by atoms with Gasteiger partial charge < -0.3 is 14.6 Å². The number of aliphatic hydroxyl groups excluding tert-OH is 1. The Bertz CT molecular complexity index is 2040. The molecule has 6 rings (SSSR count). The molecule has 0 aliphatic carbocycles. The van der Waals surface area contributed by atoms with E-state index >= 15 is 0 Å². The Morgan fingerprint density at radius 1 is 0.925 bits per heavy atom. The molecule has 3 N–H and O–H groups in total. The summed E-state index contributed by atoms with van der Waals surface area (Å²) < 4.78 is 12.4. The first-order chi connectivity index (χ1) is 25.9. The van der Waals surface area contributed by atoms with Crippen LogP contribution in [0.2, 0.25) is 10.0 Å². The van der Waals surface area contributed by atoms with Crippen molar-refractivity contribution in [3.8, 4) is 5.75 Å². The van der Waals surface area contributed by atoms with Crippen LogP contribution in [0.3, 0.4) is 0 Å². The molecule has 1 amide bonds. The van der Waals surface area contributed by atoms with E-state index in [0.29, 0.717) is 46.5 Å². The van der Waals surface area contributed by atoms with Crippen LogP contribution in [-0.2, 0) is 22.5 Å². The zero-order chi connectivity index (χ0) is 37.0. The van der Waals surface area contributed by atoms with Gasteiger partial charge in [0, 0.05) is 58.0 Å². The van der Waals surface area contributed by atoms with Crippen molar-refractivity contribution in [3.05, 3.63) is 181 Å². The molecule has 0 saturated heterocycles. The molecule has 5 aromatic carbocycles. The van der Waals surface area contributed by atoms with Crippen LogP contribution in [0.1, 0.15) is 51.8 Å². The first-order valence-electron chi connectivity index (χ1n) is 17.2. The normalized spacial score (nSPS) is 16.4. The summed E-state index contributed by atoms with van der Waals surface area (Å²) >= 11 is 13.2. The monoisotopic (exact) mass is 748 g/mol. The number of halogens is 2. The number of hydrogen-bond donors (Lipinski definition) is 3. The van der Waals surface area contributed by atoms with E-state index in [1.165, 1.54) is 0 Å². The summed E-state index contributed by atoms with van der Waals surface area (Å²) in [5.74, 6) is 0.323. The number of aliphatic hydroxyl groups is 1. The number of hydrogen-bond acceptors (Lipinski definition) is 7. The molecule has 0 spiro atoms. The van der Waals surface area contributed by atoms with E-state index < -0.39 is 17.6 Å². The predicted molar refractivity (Wildman–Crippen MR) is 207 cm³/mol. The molecule has 1 aliphatic heterocycles. The van der Waals surface area contributed by atoms with Gasteiger partial charge in [0.25, 0.3) is 5.91 Å². The Morgan fingerprint density at radius 3 is 2.23 bits per heavy atom. The maximum Gasteiger partial charge on any atom is 0.266 e. The molecule has 5 aromatic rings. The number of hydrazine groups is 1. The van der Waals surface area contributed by atoms with Gasteiger partial charge in [0.15, 0.2) is 11.6 Å². The fourth-order valence-electron chi connectivity index (χ4n) is 6.40. The van der Waals surface area contributed by atoms with E-state index in [-0.39, 0.29) is 31.4 Å². The summed E-state index contributed by atoms with van der Waals surface area (Å²) in [6, 6.07) is 39.9. The van der Waals surface area contributed by atoms with Gasteiger partial charge in [-0.25, -0.2) is 10.4 Å². The molecule has 0 fully saturated rings. The summed E-state index contributed by atoms with van der Waals surface area (Å²) in [5.41, 5.74) is 18.5. The highest BCUT2D eigenvalue weighted by atomic mass is 35.5. The van der Waals surface area contributed by atoms with Gasteiger partial charge in [-0.3, -0.25) is 10.2 Å². The van der Waals surface area contributed by atoms with Crippen molar-refractivity contribution in [2.75, 3.05) is 19.8 Å². The lowest BCUT2D eigenvalue weighted by Crippen LogP contribution is -2.54. The van der Waals surface area contributed by atoms with E-state index in [0.717, 1.165) is 22.3 Å². The number of carbonyl (C=O) groups is 1. The van der Waals surface area contributed by atoms with Gasteiger partial charge in [-0.05, 0) is 64.2 Å². The van der Waals surface area contributed by atoms with Gasteiger partial charge in [-0.2, -0.15) is 0 Å². The Kier molecular flexibility index (Phi) is 12.6. The van der Waals surface area contributed by atoms with Crippen molar-refractivity contribution in [2.24, 2.45) is 10.1 Å². The van der Waals surface area contributed by atoms with Crippen LogP contribution in [0.25, 0.3) is 10.4 Å². The fraction of sp³-hybridized carbons (Fsp3) is 0.220. The van der Waals surface area contributed by atoms with Crippen molar-refractivity contribution < 1.29 is 19.4 Å². The molecule has 0 saturated carbocycles. The average Bonchev–Trinajstić information content (AvgIpc) is 3.57. The number of amides is 1. The van der Waals surface area contributed by atoms with Crippen molar-refractivity contribution in [1.29, 1.82) is 0 Å². The van der Waals surface area contributed by atoms with Crippen molar-refractivity contribution in [3.63, 3.8) is 0 Å². The van der Waals surface area contributed by atoms with Gasteiger partial charge in [-0.15, -0.1) is 0 Å². The molecule has 12 heteroatoms. The predicted octanol–water partition coefficient (Wildman–Crippen LogP) is 8.52. The largest absolute Gasteiger partial charge is 0.494 e. The molecule has 1 heterocycles. The number of rotatable bonds is 16. The first kappa shape index (κ1) is 37.4. The number of carbonyl (C=O) groups excluding carboxylic acids is 1. The zero-order valence-electron chi connectivity index (χ0n) is 28.7. The standard InChI is InChI=1S/C41H38Cl2N6O4/c42-33-18-21-35(37(43)24-33)38-41(25-31-14-7-8-15-32(31)26-46-49-44,47-39(53-38)30-16-19-34(20-17-30)52-23-9-22-50)40(51)48-45-27-36(28-10-3-1-4-11-28)29-12-5-2-6-13-29/h1-8,10-21,24,36,38,45,50H,9,22-23,25-27H2,(H,48,51)/t38-,41-/m0/s1. The van der Waals surface area contributed by atoms with E-state index in [2.05, 4.69) is 45.1 Å². The van der Waals surface area contributed by atoms with Crippen molar-refractivity contribution >= 4 is 35.0 Å². The molecule has 53 heavy (non-hydrogen) atoms. The van der Waals surface area contributed by atoms with E-state index in [4.69, 9.17) is 48.3 Å². The minimum atomic E-state index is -1.60. The van der Waals surface area contributed by atoms with Crippen molar-refractivity contribution in [2.45, 2.75) is 36.9 Å². The summed E-state index contributed by atoms with van der Waals surface area (Å²) in [7, 11) is 0. The number of azide groups is 1. The van der Waals surface area contributed by atoms with Gasteiger partial charge in [0.05, 0.1) is 13.2 Å². The second-order valence-electron chi connectivity index (χ2n) is 12.5. The highest BCUT2D eigenvalue weighted by Crippen LogP contribution is 2.45. The lowest BCUT2D eigenvalue weighted by Gasteiger charge is -2.32. The van der Waals surface area contributed by atoms with Crippen LogP contribution in [0.15, 0.2) is 138 Å². The molecule has 10 nitrogen and oxygen atoms in total. The summed E-state index contributed by atoms with van der Waals surface area (Å²) in [5, 5.41) is 13.7. The number of ether oxygens (including phenoxy) is 2. The van der Waals surface area contributed by atoms with E-state index in [1.54, 1.807) is 42.5 Å². The minimum Gasteiger partial charge on any atom is -0.494 e. The first-order valence-corrected chi connectivity index (χ1v) is 17.9. The highest BCUT2D eigenvalue weighted by molar-refractivity contribution is 6.35. The quantitative estimate of drug-likeness (QED) is 0.0305. The Labute approximate surface area is 318 Å². The van der Waals surface area contributed by atoms with Gasteiger partial charge in [-0.1, -0.05) is 119 Å². The van der Waals surface area contributed by atoms with E-state index in [9.17, 15) is 4.79 Å². The second kappa shape index (κ2) is 17.9. The molecule has 270 valence electrons.